The van der Waals surface area contributed by atoms with Gasteiger partial charge in [0.2, 0.25) is 0 Å². The molecule has 1 aliphatic heterocycles. The van der Waals surface area contributed by atoms with Crippen LogP contribution >= 0.6 is 11.5 Å². The number of aromatic nitrogens is 2. The molecular formula is C9H16N4S. The van der Waals surface area contributed by atoms with Crippen LogP contribution in [0.25, 0.3) is 0 Å². The molecule has 2 atom stereocenters. The summed E-state index contributed by atoms with van der Waals surface area (Å²) in [6, 6.07) is 0.645. The normalized spacial score (nSPS) is 28.4. The summed E-state index contributed by atoms with van der Waals surface area (Å²) in [6.07, 6.45) is 1.28. The Morgan fingerprint density at radius 3 is 2.86 bits per heavy atom. The second kappa shape index (κ2) is 3.82. The summed E-state index contributed by atoms with van der Waals surface area (Å²) in [7, 11) is 0. The van der Waals surface area contributed by atoms with Crippen LogP contribution in [-0.4, -0.2) is 27.1 Å². The maximum Gasteiger partial charge on any atom is 0.132 e. The number of anilines is 1. The quantitative estimate of drug-likeness (QED) is 0.804. The average molecular weight is 212 g/mol. The minimum Gasteiger partial charge on any atom is -0.388 e. The molecule has 0 spiro atoms. The lowest BCUT2D eigenvalue weighted by Crippen LogP contribution is -2.27. The second-order valence-corrected chi connectivity index (χ2v) is 4.99. The van der Waals surface area contributed by atoms with E-state index in [1.54, 1.807) is 0 Å². The van der Waals surface area contributed by atoms with Crippen molar-refractivity contribution in [3.05, 3.63) is 5.69 Å². The van der Waals surface area contributed by atoms with Gasteiger partial charge < -0.3 is 5.73 Å². The highest BCUT2D eigenvalue weighted by Crippen LogP contribution is 2.25. The van der Waals surface area contributed by atoms with Crippen molar-refractivity contribution in [3.8, 4) is 0 Å². The minimum absolute atomic E-state index is 0.645. The van der Waals surface area contributed by atoms with E-state index in [9.17, 15) is 0 Å². The van der Waals surface area contributed by atoms with Crippen LogP contribution in [0.4, 0.5) is 5.00 Å². The fourth-order valence-electron chi connectivity index (χ4n) is 2.12. The average Bonchev–Trinajstić information content (AvgIpc) is 2.62. The summed E-state index contributed by atoms with van der Waals surface area (Å²) in [6.45, 7) is 6.56. The van der Waals surface area contributed by atoms with E-state index in [-0.39, 0.29) is 0 Å². The van der Waals surface area contributed by atoms with Gasteiger partial charge in [-0.2, -0.15) is 0 Å². The van der Waals surface area contributed by atoms with Gasteiger partial charge in [-0.25, -0.2) is 0 Å². The zero-order chi connectivity index (χ0) is 10.1. The molecule has 1 saturated heterocycles. The molecule has 0 amide bonds. The third-order valence-corrected chi connectivity index (χ3v) is 3.45. The number of hydrogen-bond donors (Lipinski definition) is 1. The number of hydrogen-bond acceptors (Lipinski definition) is 5. The maximum atomic E-state index is 5.77. The molecule has 2 rings (SSSR count). The van der Waals surface area contributed by atoms with E-state index < -0.39 is 0 Å². The predicted molar refractivity (Wildman–Crippen MR) is 58.0 cm³/mol. The number of nitrogens with two attached hydrogens (primary N) is 1. The first kappa shape index (κ1) is 9.86. The molecule has 1 aromatic rings. The molecule has 2 heterocycles. The molecule has 2 N–H and O–H groups in total. The van der Waals surface area contributed by atoms with Crippen molar-refractivity contribution < 1.29 is 0 Å². The molecular weight excluding hydrogens is 196 g/mol. The third-order valence-electron chi connectivity index (χ3n) is 2.85. The number of rotatable bonds is 2. The first-order valence-electron chi connectivity index (χ1n) is 4.97. The van der Waals surface area contributed by atoms with Crippen LogP contribution in [0.15, 0.2) is 0 Å². The molecule has 1 fully saturated rings. The van der Waals surface area contributed by atoms with Gasteiger partial charge in [-0.1, -0.05) is 11.4 Å². The van der Waals surface area contributed by atoms with E-state index >= 15 is 0 Å². The Morgan fingerprint density at radius 2 is 2.36 bits per heavy atom. The topological polar surface area (TPSA) is 55.0 Å². The molecule has 0 bridgehead atoms. The molecule has 78 valence electrons. The van der Waals surface area contributed by atoms with Crippen LogP contribution in [0, 0.1) is 5.92 Å². The van der Waals surface area contributed by atoms with E-state index in [1.807, 2.05) is 0 Å². The summed E-state index contributed by atoms with van der Waals surface area (Å²) in [5.41, 5.74) is 6.71. The largest absolute Gasteiger partial charge is 0.388 e. The van der Waals surface area contributed by atoms with Crippen LogP contribution in [0.5, 0.6) is 0 Å². The molecule has 0 saturated carbocycles. The van der Waals surface area contributed by atoms with Gasteiger partial charge in [0.25, 0.3) is 0 Å². The monoisotopic (exact) mass is 212 g/mol. The Hall–Kier alpha value is -0.680. The van der Waals surface area contributed by atoms with Crippen LogP contribution in [0.2, 0.25) is 0 Å². The van der Waals surface area contributed by atoms with Gasteiger partial charge in [0, 0.05) is 30.7 Å². The SMILES string of the molecule is CC1CC(C)N(Cc2nnsc2N)C1. The number of likely N-dealkylation sites (tertiary alicyclic amines) is 1. The summed E-state index contributed by atoms with van der Waals surface area (Å²) in [5, 5.41) is 4.80. The van der Waals surface area contributed by atoms with Crippen molar-refractivity contribution in [2.24, 2.45) is 5.92 Å². The molecule has 0 radical (unpaired) electrons. The molecule has 14 heavy (non-hydrogen) atoms. The van der Waals surface area contributed by atoms with Crippen LogP contribution in [0.3, 0.4) is 0 Å². The van der Waals surface area contributed by atoms with Crippen molar-refractivity contribution in [1.29, 1.82) is 0 Å². The molecule has 0 aliphatic carbocycles. The van der Waals surface area contributed by atoms with Crippen molar-refractivity contribution >= 4 is 16.5 Å². The molecule has 2 unspecified atom stereocenters. The van der Waals surface area contributed by atoms with Gasteiger partial charge >= 0.3 is 0 Å². The fourth-order valence-corrected chi connectivity index (χ4v) is 2.56. The summed E-state index contributed by atoms with van der Waals surface area (Å²) >= 11 is 1.28. The number of nitrogens with zero attached hydrogens (tertiary/aromatic N) is 3. The first-order chi connectivity index (χ1) is 6.66. The molecule has 1 aromatic heterocycles. The van der Waals surface area contributed by atoms with Gasteiger partial charge in [0.1, 0.15) is 10.7 Å². The van der Waals surface area contributed by atoms with E-state index in [0.717, 1.165) is 29.7 Å². The summed E-state index contributed by atoms with van der Waals surface area (Å²) < 4.78 is 3.85. The lowest BCUT2D eigenvalue weighted by atomic mass is 10.1. The summed E-state index contributed by atoms with van der Waals surface area (Å²) in [5.74, 6) is 0.790. The molecule has 4 nitrogen and oxygen atoms in total. The maximum absolute atomic E-state index is 5.77. The fraction of sp³-hybridized carbons (Fsp3) is 0.778. The predicted octanol–water partition coefficient (Wildman–Crippen LogP) is 1.35. The van der Waals surface area contributed by atoms with Crippen molar-refractivity contribution in [1.82, 2.24) is 14.5 Å². The van der Waals surface area contributed by atoms with Crippen LogP contribution in [-0.2, 0) is 6.54 Å². The van der Waals surface area contributed by atoms with Crippen LogP contribution < -0.4 is 5.73 Å². The lowest BCUT2D eigenvalue weighted by molar-refractivity contribution is 0.254. The van der Waals surface area contributed by atoms with Gasteiger partial charge in [0.05, 0.1) is 0 Å². The minimum atomic E-state index is 0.645. The van der Waals surface area contributed by atoms with Crippen molar-refractivity contribution in [2.75, 3.05) is 12.3 Å². The number of nitrogen functional groups attached to an aromatic ring is 1. The van der Waals surface area contributed by atoms with Crippen molar-refractivity contribution in [3.63, 3.8) is 0 Å². The Morgan fingerprint density at radius 1 is 1.57 bits per heavy atom. The Bertz CT molecular complexity index is 312. The zero-order valence-corrected chi connectivity index (χ0v) is 9.42. The van der Waals surface area contributed by atoms with Gasteiger partial charge in [0.15, 0.2) is 0 Å². The highest BCUT2D eigenvalue weighted by molar-refractivity contribution is 7.09. The highest BCUT2D eigenvalue weighted by atomic mass is 32.1. The molecule has 0 aromatic carbocycles. The highest BCUT2D eigenvalue weighted by Gasteiger charge is 2.26. The Balaban J connectivity index is 2.01. The standard InChI is InChI=1S/C9H16N4S/c1-6-3-7(2)13(4-6)5-8-9(10)14-12-11-8/h6-7H,3-5,10H2,1-2H3. The lowest BCUT2D eigenvalue weighted by Gasteiger charge is -2.19. The first-order valence-corrected chi connectivity index (χ1v) is 5.75. The van der Waals surface area contributed by atoms with E-state index in [1.165, 1.54) is 18.0 Å². The Labute approximate surface area is 88.3 Å². The zero-order valence-electron chi connectivity index (χ0n) is 8.60. The second-order valence-electron chi connectivity index (χ2n) is 4.20. The van der Waals surface area contributed by atoms with E-state index in [2.05, 4.69) is 28.3 Å². The van der Waals surface area contributed by atoms with Gasteiger partial charge in [-0.15, -0.1) is 5.10 Å². The van der Waals surface area contributed by atoms with Crippen molar-refractivity contribution in [2.45, 2.75) is 32.9 Å². The van der Waals surface area contributed by atoms with E-state index in [0.29, 0.717) is 6.04 Å². The van der Waals surface area contributed by atoms with Gasteiger partial charge in [-0.3, -0.25) is 4.90 Å². The van der Waals surface area contributed by atoms with Gasteiger partial charge in [-0.05, 0) is 19.3 Å². The smallest absolute Gasteiger partial charge is 0.132 e. The molecule has 1 aliphatic rings. The third kappa shape index (κ3) is 1.88. The molecule has 5 heteroatoms. The van der Waals surface area contributed by atoms with E-state index in [4.69, 9.17) is 5.73 Å². The summed E-state index contributed by atoms with van der Waals surface area (Å²) in [4.78, 5) is 2.43. The Kier molecular flexibility index (Phi) is 2.69. The van der Waals surface area contributed by atoms with Crippen LogP contribution in [0.1, 0.15) is 26.0 Å².